The summed E-state index contributed by atoms with van der Waals surface area (Å²) in [6.07, 6.45) is 3.30. The quantitative estimate of drug-likeness (QED) is 0.399. The minimum atomic E-state index is -1.53. The van der Waals surface area contributed by atoms with Crippen LogP contribution in [0.25, 0.3) is 0 Å². The number of nitrogens with zero attached hydrogens (tertiary/aromatic N) is 2. The SMILES string of the molecule is CCNC(=O)C(=O)N1CCC2(CC1)COc1c(cn(C)c1C=O)[S+]([O-])N2. The monoisotopic (exact) mass is 382 g/mol. The van der Waals surface area contributed by atoms with Crippen molar-refractivity contribution < 1.29 is 23.7 Å². The highest BCUT2D eigenvalue weighted by atomic mass is 32.2. The molecule has 0 aliphatic carbocycles. The standard InChI is InChI=1S/C16H22N4O5S/c1-3-17-14(22)15(23)20-6-4-16(5-7-20)10-25-13-11(9-21)19(2)8-12(13)26(24)18-16/h8-9,18H,3-7,10H2,1-2H3,(H,17,22). The topological polar surface area (TPSA) is 116 Å². The van der Waals surface area contributed by atoms with Gasteiger partial charge in [-0.1, -0.05) is 0 Å². The van der Waals surface area contributed by atoms with Gasteiger partial charge >= 0.3 is 11.8 Å². The zero-order chi connectivity index (χ0) is 18.9. The molecule has 3 heterocycles. The van der Waals surface area contributed by atoms with Crippen molar-refractivity contribution in [1.29, 1.82) is 0 Å². The summed E-state index contributed by atoms with van der Waals surface area (Å²) in [4.78, 5) is 37.0. The number of likely N-dealkylation sites (tertiary alicyclic amines) is 1. The number of nitrogens with one attached hydrogen (secondary N) is 2. The minimum absolute atomic E-state index is 0.236. The van der Waals surface area contributed by atoms with Crippen molar-refractivity contribution in [3.05, 3.63) is 11.9 Å². The van der Waals surface area contributed by atoms with E-state index in [1.54, 1.807) is 24.7 Å². The molecule has 1 aromatic rings. The molecule has 0 bridgehead atoms. The molecule has 0 aromatic carbocycles. The van der Waals surface area contributed by atoms with Crippen LogP contribution in [0.5, 0.6) is 5.75 Å². The smallest absolute Gasteiger partial charge is 0.311 e. The van der Waals surface area contributed by atoms with E-state index in [0.717, 1.165) is 0 Å². The average molecular weight is 382 g/mol. The lowest BCUT2D eigenvalue weighted by atomic mass is 9.89. The number of rotatable bonds is 2. The van der Waals surface area contributed by atoms with Gasteiger partial charge in [-0.05, 0) is 19.8 Å². The Labute approximate surface area is 154 Å². The van der Waals surface area contributed by atoms with E-state index in [2.05, 4.69) is 10.0 Å². The average Bonchev–Trinajstić information content (AvgIpc) is 2.89. The van der Waals surface area contributed by atoms with Gasteiger partial charge in [-0.3, -0.25) is 14.4 Å². The lowest BCUT2D eigenvalue weighted by Crippen LogP contribution is -2.59. The summed E-state index contributed by atoms with van der Waals surface area (Å²) in [5.41, 5.74) is -0.232. The molecular formula is C16H22N4O5S. The summed E-state index contributed by atoms with van der Waals surface area (Å²) >= 11 is -1.53. The van der Waals surface area contributed by atoms with E-state index in [1.165, 1.54) is 4.90 Å². The van der Waals surface area contributed by atoms with Gasteiger partial charge in [0.05, 0.1) is 17.6 Å². The predicted molar refractivity (Wildman–Crippen MR) is 93.1 cm³/mol. The molecule has 0 radical (unpaired) electrons. The fourth-order valence-electron chi connectivity index (χ4n) is 3.26. The molecule has 0 saturated carbocycles. The van der Waals surface area contributed by atoms with Gasteiger partial charge in [-0.15, -0.1) is 4.72 Å². The molecule has 1 aromatic heterocycles. The van der Waals surface area contributed by atoms with Crippen molar-refractivity contribution in [2.24, 2.45) is 7.05 Å². The number of fused-ring (bicyclic) bond motifs is 1. The van der Waals surface area contributed by atoms with Gasteiger partial charge < -0.3 is 24.1 Å². The van der Waals surface area contributed by atoms with Crippen molar-refractivity contribution in [3.8, 4) is 5.75 Å². The predicted octanol–water partition coefficient (Wildman–Crippen LogP) is -0.660. The van der Waals surface area contributed by atoms with Gasteiger partial charge in [0.25, 0.3) is 0 Å². The third-order valence-corrected chi connectivity index (χ3v) is 6.11. The van der Waals surface area contributed by atoms with Gasteiger partial charge in [-0.25, -0.2) is 0 Å². The zero-order valence-corrected chi connectivity index (χ0v) is 15.6. The highest BCUT2D eigenvalue weighted by molar-refractivity contribution is 7.89. The van der Waals surface area contributed by atoms with Gasteiger partial charge in [0.1, 0.15) is 17.8 Å². The van der Waals surface area contributed by atoms with Crippen LogP contribution in [0, 0.1) is 0 Å². The Morgan fingerprint density at radius 2 is 2.15 bits per heavy atom. The number of aryl methyl sites for hydroxylation is 1. The summed E-state index contributed by atoms with van der Waals surface area (Å²) in [7, 11) is 1.69. The van der Waals surface area contributed by atoms with Crippen molar-refractivity contribution >= 4 is 29.5 Å². The fourth-order valence-corrected chi connectivity index (χ4v) is 4.61. The second-order valence-electron chi connectivity index (χ2n) is 6.53. The number of carbonyl (C=O) groups is 3. The Kier molecular flexibility index (Phi) is 5.26. The number of ether oxygens (including phenoxy) is 1. The number of hydrogen-bond acceptors (Lipinski definition) is 6. The number of likely N-dealkylation sites (N-methyl/N-ethyl adjacent to an activating group) is 1. The van der Waals surface area contributed by atoms with Crippen LogP contribution in [0.1, 0.15) is 30.3 Å². The molecule has 1 fully saturated rings. The molecule has 9 nitrogen and oxygen atoms in total. The van der Waals surface area contributed by atoms with Crippen LogP contribution >= 0.6 is 0 Å². The molecule has 2 N–H and O–H groups in total. The largest absolute Gasteiger partial charge is 0.593 e. The Balaban J connectivity index is 1.70. The first kappa shape index (κ1) is 18.7. The summed E-state index contributed by atoms with van der Waals surface area (Å²) in [6, 6.07) is 0. The highest BCUT2D eigenvalue weighted by Gasteiger charge is 2.45. The molecule has 1 spiro atoms. The third kappa shape index (κ3) is 3.31. The summed E-state index contributed by atoms with van der Waals surface area (Å²) in [5.74, 6) is -0.823. The highest BCUT2D eigenvalue weighted by Crippen LogP contribution is 2.36. The molecule has 2 aliphatic rings. The van der Waals surface area contributed by atoms with Crippen LogP contribution < -0.4 is 14.8 Å². The number of aromatic nitrogens is 1. The molecule has 1 unspecified atom stereocenters. The first-order valence-corrected chi connectivity index (χ1v) is 9.60. The Morgan fingerprint density at radius 3 is 2.77 bits per heavy atom. The molecule has 1 atom stereocenters. The Hall–Kier alpha value is -2.04. The molecule has 26 heavy (non-hydrogen) atoms. The number of piperidine rings is 1. The zero-order valence-electron chi connectivity index (χ0n) is 14.7. The van der Waals surface area contributed by atoms with E-state index in [-0.39, 0.29) is 6.61 Å². The second kappa shape index (κ2) is 7.29. The van der Waals surface area contributed by atoms with Crippen molar-refractivity contribution in [2.45, 2.75) is 30.2 Å². The number of hydrogen-bond donors (Lipinski definition) is 2. The van der Waals surface area contributed by atoms with E-state index in [0.29, 0.717) is 55.1 Å². The van der Waals surface area contributed by atoms with E-state index in [9.17, 15) is 18.9 Å². The molecule has 3 rings (SSSR count). The summed E-state index contributed by atoms with van der Waals surface area (Å²) in [6.45, 7) is 3.11. The number of carbonyl (C=O) groups excluding carboxylic acids is 3. The molecular weight excluding hydrogens is 360 g/mol. The maximum Gasteiger partial charge on any atom is 0.311 e. The van der Waals surface area contributed by atoms with Crippen LogP contribution in [0.3, 0.4) is 0 Å². The van der Waals surface area contributed by atoms with E-state index >= 15 is 0 Å². The Bertz CT molecular complexity index is 726. The van der Waals surface area contributed by atoms with Gasteiger partial charge in [0.2, 0.25) is 10.6 Å². The maximum atomic E-state index is 12.7. The van der Waals surface area contributed by atoms with E-state index in [4.69, 9.17) is 4.74 Å². The molecule has 2 aliphatic heterocycles. The van der Waals surface area contributed by atoms with Crippen LogP contribution in [-0.4, -0.2) is 63.9 Å². The van der Waals surface area contributed by atoms with Crippen molar-refractivity contribution in [1.82, 2.24) is 19.5 Å². The van der Waals surface area contributed by atoms with Gasteiger partial charge in [-0.2, -0.15) is 0 Å². The number of aldehydes is 1. The van der Waals surface area contributed by atoms with Crippen molar-refractivity contribution in [2.75, 3.05) is 26.2 Å². The fraction of sp³-hybridized carbons (Fsp3) is 0.562. The Morgan fingerprint density at radius 1 is 1.46 bits per heavy atom. The number of amides is 2. The first-order valence-electron chi connectivity index (χ1n) is 8.45. The molecule has 142 valence electrons. The van der Waals surface area contributed by atoms with Crippen LogP contribution in [0.2, 0.25) is 0 Å². The third-order valence-electron chi connectivity index (χ3n) is 4.80. The first-order chi connectivity index (χ1) is 12.4. The lowest BCUT2D eigenvalue weighted by molar-refractivity contribution is -0.147. The van der Waals surface area contributed by atoms with Crippen LogP contribution in [0.15, 0.2) is 11.1 Å². The summed E-state index contributed by atoms with van der Waals surface area (Å²) < 4.78 is 23.3. The van der Waals surface area contributed by atoms with E-state index < -0.39 is 28.7 Å². The maximum absolute atomic E-state index is 12.7. The lowest BCUT2D eigenvalue weighted by Gasteiger charge is -2.39. The van der Waals surface area contributed by atoms with E-state index in [1.807, 2.05) is 0 Å². The van der Waals surface area contributed by atoms with Crippen molar-refractivity contribution in [3.63, 3.8) is 0 Å². The van der Waals surface area contributed by atoms with Gasteiger partial charge in [0, 0.05) is 26.7 Å². The van der Waals surface area contributed by atoms with Gasteiger partial charge in [0.15, 0.2) is 6.29 Å². The molecule has 2 amide bonds. The second-order valence-corrected chi connectivity index (χ2v) is 7.71. The van der Waals surface area contributed by atoms with Crippen LogP contribution in [-0.2, 0) is 28.0 Å². The minimum Gasteiger partial charge on any atom is -0.593 e. The molecule has 10 heteroatoms. The molecule has 1 saturated heterocycles. The summed E-state index contributed by atoms with van der Waals surface area (Å²) in [5, 5.41) is 2.50. The van der Waals surface area contributed by atoms with Crippen LogP contribution in [0.4, 0.5) is 0 Å². The normalized spacial score (nSPS) is 21.5.